The fraction of sp³-hybridized carbons (Fsp3) is 0.933. The SMILES string of the molecule is CCNC(=NCC(C)(C)SC)NCCN(CC)C1CC1.I. The second kappa shape index (κ2) is 10.9. The summed E-state index contributed by atoms with van der Waals surface area (Å²) in [5.41, 5.74) is 0. The third kappa shape index (κ3) is 9.13. The van der Waals surface area contributed by atoms with Crippen LogP contribution in [0.4, 0.5) is 0 Å². The van der Waals surface area contributed by atoms with Crippen LogP contribution in [0.1, 0.15) is 40.5 Å². The normalized spacial score (nSPS) is 15.8. The zero-order valence-corrected chi connectivity index (χ0v) is 17.4. The molecule has 1 saturated carbocycles. The topological polar surface area (TPSA) is 39.7 Å². The molecule has 0 aromatic rings. The first-order valence-corrected chi connectivity index (χ1v) is 9.06. The Balaban J connectivity index is 0.00000400. The molecule has 0 aromatic carbocycles. The predicted molar refractivity (Wildman–Crippen MR) is 107 cm³/mol. The molecule has 126 valence electrons. The summed E-state index contributed by atoms with van der Waals surface area (Å²) >= 11 is 1.86. The summed E-state index contributed by atoms with van der Waals surface area (Å²) < 4.78 is 0.200. The first-order chi connectivity index (χ1) is 9.52. The molecule has 0 spiro atoms. The summed E-state index contributed by atoms with van der Waals surface area (Å²) in [5, 5.41) is 6.78. The van der Waals surface area contributed by atoms with Crippen molar-refractivity contribution in [3.8, 4) is 0 Å². The number of likely N-dealkylation sites (N-methyl/N-ethyl adjacent to an activating group) is 1. The molecule has 0 amide bonds. The standard InChI is InChI=1S/C15H32N4S.HI/c1-6-16-14(18-12-15(3,4)20-5)17-10-11-19(7-2)13-8-9-13;/h13H,6-12H2,1-5H3,(H2,16,17,18);1H. The monoisotopic (exact) mass is 428 g/mol. The van der Waals surface area contributed by atoms with E-state index in [1.54, 1.807) is 0 Å². The number of thioether (sulfide) groups is 1. The molecule has 0 saturated heterocycles. The number of guanidine groups is 1. The lowest BCUT2D eigenvalue weighted by Crippen LogP contribution is -2.42. The van der Waals surface area contributed by atoms with Crippen LogP contribution in [0, 0.1) is 0 Å². The number of nitrogens with one attached hydrogen (secondary N) is 2. The lowest BCUT2D eigenvalue weighted by Gasteiger charge is -2.22. The highest BCUT2D eigenvalue weighted by Gasteiger charge is 2.27. The highest BCUT2D eigenvalue weighted by atomic mass is 127. The van der Waals surface area contributed by atoms with Crippen LogP contribution in [-0.2, 0) is 0 Å². The molecule has 0 aromatic heterocycles. The number of aliphatic imine (C=N–C) groups is 1. The number of hydrogen-bond acceptors (Lipinski definition) is 3. The molecule has 0 unspecified atom stereocenters. The van der Waals surface area contributed by atoms with E-state index >= 15 is 0 Å². The van der Waals surface area contributed by atoms with Crippen LogP contribution in [0.25, 0.3) is 0 Å². The van der Waals surface area contributed by atoms with Crippen LogP contribution in [-0.4, -0.2) is 60.6 Å². The summed E-state index contributed by atoms with van der Waals surface area (Å²) in [6, 6.07) is 0.844. The van der Waals surface area contributed by atoms with E-state index in [0.717, 1.165) is 44.7 Å². The van der Waals surface area contributed by atoms with E-state index < -0.39 is 0 Å². The van der Waals surface area contributed by atoms with Crippen LogP contribution < -0.4 is 10.6 Å². The van der Waals surface area contributed by atoms with Gasteiger partial charge in [0.05, 0.1) is 6.54 Å². The van der Waals surface area contributed by atoms with E-state index in [2.05, 4.69) is 49.5 Å². The van der Waals surface area contributed by atoms with E-state index in [-0.39, 0.29) is 28.7 Å². The molecule has 0 radical (unpaired) electrons. The Labute approximate surface area is 152 Å². The van der Waals surface area contributed by atoms with Gasteiger partial charge in [0, 0.05) is 30.4 Å². The second-order valence-electron chi connectivity index (χ2n) is 5.95. The van der Waals surface area contributed by atoms with Crippen molar-refractivity contribution in [3.05, 3.63) is 0 Å². The number of halogens is 1. The minimum absolute atomic E-state index is 0. The molecule has 4 nitrogen and oxygen atoms in total. The summed E-state index contributed by atoms with van der Waals surface area (Å²) in [5.74, 6) is 0.946. The van der Waals surface area contributed by atoms with Gasteiger partial charge in [-0.25, -0.2) is 0 Å². The molecule has 0 aliphatic heterocycles. The first-order valence-electron chi connectivity index (χ1n) is 7.83. The van der Waals surface area contributed by atoms with Gasteiger partial charge in [-0.2, -0.15) is 11.8 Å². The molecule has 6 heteroatoms. The molecule has 1 aliphatic carbocycles. The number of rotatable bonds is 9. The maximum Gasteiger partial charge on any atom is 0.191 e. The lowest BCUT2D eigenvalue weighted by atomic mass is 10.2. The highest BCUT2D eigenvalue weighted by Crippen LogP contribution is 2.25. The van der Waals surface area contributed by atoms with Crippen molar-refractivity contribution in [1.82, 2.24) is 15.5 Å². The first kappa shape index (κ1) is 21.3. The zero-order chi connectivity index (χ0) is 15.0. The Morgan fingerprint density at radius 3 is 2.43 bits per heavy atom. The van der Waals surface area contributed by atoms with Gasteiger partial charge in [0.1, 0.15) is 0 Å². The largest absolute Gasteiger partial charge is 0.357 e. The molecule has 1 fully saturated rings. The lowest BCUT2D eigenvalue weighted by molar-refractivity contribution is 0.282. The van der Waals surface area contributed by atoms with Crippen molar-refractivity contribution in [3.63, 3.8) is 0 Å². The molecule has 1 rings (SSSR count). The van der Waals surface area contributed by atoms with Crippen molar-refractivity contribution in [2.24, 2.45) is 4.99 Å². The number of hydrogen-bond donors (Lipinski definition) is 2. The van der Waals surface area contributed by atoms with Gasteiger partial charge >= 0.3 is 0 Å². The fourth-order valence-electron chi connectivity index (χ4n) is 2.03. The van der Waals surface area contributed by atoms with Crippen LogP contribution in [0.2, 0.25) is 0 Å². The fourth-order valence-corrected chi connectivity index (χ4v) is 2.23. The van der Waals surface area contributed by atoms with Crippen molar-refractivity contribution >= 4 is 41.7 Å². The van der Waals surface area contributed by atoms with Gasteiger partial charge in [0.15, 0.2) is 5.96 Å². The quantitative estimate of drug-likeness (QED) is 0.337. The van der Waals surface area contributed by atoms with Crippen molar-refractivity contribution in [2.45, 2.75) is 51.3 Å². The Hall–Kier alpha value is 0.310. The van der Waals surface area contributed by atoms with Crippen LogP contribution in [0.3, 0.4) is 0 Å². The average Bonchev–Trinajstić information content (AvgIpc) is 3.25. The second-order valence-corrected chi connectivity index (χ2v) is 7.46. The maximum absolute atomic E-state index is 4.69. The van der Waals surface area contributed by atoms with Crippen LogP contribution in [0.5, 0.6) is 0 Å². The molecular weight excluding hydrogens is 395 g/mol. The van der Waals surface area contributed by atoms with E-state index in [1.165, 1.54) is 12.8 Å². The summed E-state index contributed by atoms with van der Waals surface area (Å²) in [6.07, 6.45) is 4.90. The zero-order valence-electron chi connectivity index (χ0n) is 14.2. The van der Waals surface area contributed by atoms with Crippen molar-refractivity contribution in [2.75, 3.05) is 39.0 Å². The van der Waals surface area contributed by atoms with Gasteiger partial charge in [0.2, 0.25) is 0 Å². The Bertz CT molecular complexity index is 306. The molecule has 0 atom stereocenters. The Morgan fingerprint density at radius 2 is 1.95 bits per heavy atom. The minimum Gasteiger partial charge on any atom is -0.357 e. The van der Waals surface area contributed by atoms with E-state index in [4.69, 9.17) is 4.99 Å². The third-order valence-corrected chi connectivity index (χ3v) is 4.91. The third-order valence-electron chi connectivity index (χ3n) is 3.68. The minimum atomic E-state index is 0. The average molecular weight is 428 g/mol. The van der Waals surface area contributed by atoms with E-state index in [1.807, 2.05) is 11.8 Å². The molecule has 0 bridgehead atoms. The van der Waals surface area contributed by atoms with Crippen LogP contribution in [0.15, 0.2) is 4.99 Å². The highest BCUT2D eigenvalue weighted by molar-refractivity contribution is 14.0. The van der Waals surface area contributed by atoms with Gasteiger partial charge < -0.3 is 10.6 Å². The maximum atomic E-state index is 4.69. The molecule has 0 heterocycles. The van der Waals surface area contributed by atoms with Gasteiger partial charge in [-0.3, -0.25) is 9.89 Å². The summed E-state index contributed by atoms with van der Waals surface area (Å²) in [4.78, 5) is 7.25. The molecule has 1 aliphatic rings. The van der Waals surface area contributed by atoms with Gasteiger partial charge in [-0.05, 0) is 46.4 Å². The van der Waals surface area contributed by atoms with Crippen LogP contribution >= 0.6 is 35.7 Å². The van der Waals surface area contributed by atoms with Crippen molar-refractivity contribution < 1.29 is 0 Å². The molecule has 2 N–H and O–H groups in total. The summed E-state index contributed by atoms with van der Waals surface area (Å²) in [7, 11) is 0. The van der Waals surface area contributed by atoms with Gasteiger partial charge in [-0.1, -0.05) is 6.92 Å². The molecular formula is C15H33IN4S. The predicted octanol–water partition coefficient (Wildman–Crippen LogP) is 2.79. The van der Waals surface area contributed by atoms with Crippen molar-refractivity contribution in [1.29, 1.82) is 0 Å². The summed E-state index contributed by atoms with van der Waals surface area (Å²) in [6.45, 7) is 13.8. The van der Waals surface area contributed by atoms with E-state index in [0.29, 0.717) is 0 Å². The Kier molecular flexibility index (Phi) is 11.1. The van der Waals surface area contributed by atoms with Gasteiger partial charge in [0.25, 0.3) is 0 Å². The van der Waals surface area contributed by atoms with E-state index in [9.17, 15) is 0 Å². The molecule has 21 heavy (non-hydrogen) atoms. The Morgan fingerprint density at radius 1 is 1.29 bits per heavy atom. The number of nitrogens with zero attached hydrogens (tertiary/aromatic N) is 2. The smallest absolute Gasteiger partial charge is 0.191 e. The van der Waals surface area contributed by atoms with Gasteiger partial charge in [-0.15, -0.1) is 24.0 Å².